The number of fused-ring (bicyclic) bond motifs is 3. The average molecular weight is 470 g/mol. The van der Waals surface area contributed by atoms with E-state index >= 15 is 0 Å². The number of halogens is 3. The largest absolute Gasteiger partial charge is 0.471 e. The Labute approximate surface area is 193 Å². The van der Waals surface area contributed by atoms with Crippen LogP contribution < -0.4 is 4.74 Å². The Morgan fingerprint density at radius 1 is 1.09 bits per heavy atom. The van der Waals surface area contributed by atoms with Crippen molar-refractivity contribution >= 4 is 5.91 Å². The highest BCUT2D eigenvalue weighted by Crippen LogP contribution is 2.38. The standard InChI is InChI=1S/C23H21F3N6O2/c1-13-3-5-15(20(31-13)21-27-7-2-8-28-21)22(33)32-12-14-4-6-16(32)17(9-14)34-19-11-29-18(10-30-19)23(24,25)26/h2-3,5,7-8,10-11,14,16-17H,4,6,9,12H2,1H3. The molecule has 0 radical (unpaired) electrons. The van der Waals surface area contributed by atoms with Crippen LogP contribution in [0.1, 0.15) is 41.0 Å². The second-order valence-corrected chi connectivity index (χ2v) is 8.52. The molecular weight excluding hydrogens is 449 g/mol. The van der Waals surface area contributed by atoms with Crippen LogP contribution in [0.25, 0.3) is 11.5 Å². The lowest BCUT2D eigenvalue weighted by atomic mass is 9.77. The van der Waals surface area contributed by atoms with Gasteiger partial charge in [0.1, 0.15) is 11.8 Å². The molecule has 3 atom stereocenters. The molecule has 3 aliphatic rings. The number of amides is 1. The van der Waals surface area contributed by atoms with Crippen molar-refractivity contribution in [2.45, 2.75) is 44.5 Å². The SMILES string of the molecule is Cc1ccc(C(=O)N2CC3CCC2C(Oc2cnc(C(F)(F)F)cn2)C3)c(-c2ncccn2)n1. The van der Waals surface area contributed by atoms with E-state index in [-0.39, 0.29) is 23.7 Å². The number of pyridine rings is 1. The maximum absolute atomic E-state index is 13.7. The number of rotatable bonds is 4. The smallest absolute Gasteiger partial charge is 0.434 e. The maximum atomic E-state index is 13.7. The summed E-state index contributed by atoms with van der Waals surface area (Å²) in [6, 6.07) is 4.95. The van der Waals surface area contributed by atoms with Gasteiger partial charge in [0.15, 0.2) is 11.5 Å². The van der Waals surface area contributed by atoms with Crippen LogP contribution in [0.4, 0.5) is 13.2 Å². The summed E-state index contributed by atoms with van der Waals surface area (Å²) in [5.74, 6) is 0.394. The van der Waals surface area contributed by atoms with Gasteiger partial charge in [-0.05, 0) is 50.3 Å². The zero-order valence-corrected chi connectivity index (χ0v) is 18.2. The maximum Gasteiger partial charge on any atom is 0.434 e. The van der Waals surface area contributed by atoms with Crippen molar-refractivity contribution in [3.63, 3.8) is 0 Å². The molecule has 1 amide bonds. The molecule has 5 heterocycles. The van der Waals surface area contributed by atoms with E-state index in [1.807, 2.05) is 6.92 Å². The van der Waals surface area contributed by atoms with Crippen LogP contribution in [0, 0.1) is 12.8 Å². The summed E-state index contributed by atoms with van der Waals surface area (Å²) < 4.78 is 44.3. The van der Waals surface area contributed by atoms with Gasteiger partial charge in [-0.25, -0.2) is 24.9 Å². The van der Waals surface area contributed by atoms with E-state index in [4.69, 9.17) is 4.74 Å². The Balaban J connectivity index is 1.40. The molecule has 3 aromatic rings. The Hall–Kier alpha value is -3.63. The molecule has 0 N–H and O–H groups in total. The molecular formula is C23H21F3N6O2. The second-order valence-electron chi connectivity index (χ2n) is 8.52. The first kappa shape index (κ1) is 22.2. The van der Waals surface area contributed by atoms with E-state index in [9.17, 15) is 18.0 Å². The van der Waals surface area contributed by atoms with Crippen molar-refractivity contribution in [1.29, 1.82) is 0 Å². The highest BCUT2D eigenvalue weighted by atomic mass is 19.4. The summed E-state index contributed by atoms with van der Waals surface area (Å²) in [5.41, 5.74) is 0.473. The number of carbonyl (C=O) groups excluding carboxylic acids is 1. The van der Waals surface area contributed by atoms with E-state index in [2.05, 4.69) is 24.9 Å². The van der Waals surface area contributed by atoms with Crippen molar-refractivity contribution in [3.05, 3.63) is 59.9 Å². The molecule has 1 saturated carbocycles. The van der Waals surface area contributed by atoms with Crippen LogP contribution in [0.3, 0.4) is 0 Å². The normalized spacial score (nSPS) is 22.0. The minimum atomic E-state index is -4.57. The molecule has 176 valence electrons. The van der Waals surface area contributed by atoms with Crippen molar-refractivity contribution < 1.29 is 22.7 Å². The monoisotopic (exact) mass is 470 g/mol. The predicted octanol–water partition coefficient (Wildman–Crippen LogP) is 3.73. The van der Waals surface area contributed by atoms with Crippen LogP contribution in [0.5, 0.6) is 5.88 Å². The number of aromatic nitrogens is 5. The third-order valence-corrected chi connectivity index (χ3v) is 6.21. The van der Waals surface area contributed by atoms with Crippen molar-refractivity contribution in [3.8, 4) is 17.4 Å². The van der Waals surface area contributed by atoms with Gasteiger partial charge in [-0.1, -0.05) is 0 Å². The Bertz CT molecular complexity index is 1190. The molecule has 8 nitrogen and oxygen atoms in total. The molecule has 2 bridgehead atoms. The fourth-order valence-corrected chi connectivity index (χ4v) is 4.65. The fourth-order valence-electron chi connectivity index (χ4n) is 4.65. The Kier molecular flexibility index (Phi) is 5.62. The van der Waals surface area contributed by atoms with Crippen LogP contribution in [0.15, 0.2) is 43.0 Å². The van der Waals surface area contributed by atoms with Gasteiger partial charge < -0.3 is 9.64 Å². The molecule has 34 heavy (non-hydrogen) atoms. The van der Waals surface area contributed by atoms with E-state index in [1.165, 1.54) is 0 Å². The number of nitrogens with zero attached hydrogens (tertiary/aromatic N) is 6. The molecule has 1 aliphatic carbocycles. The predicted molar refractivity (Wildman–Crippen MR) is 114 cm³/mol. The van der Waals surface area contributed by atoms with Crippen LogP contribution >= 0.6 is 0 Å². The molecule has 2 saturated heterocycles. The van der Waals surface area contributed by atoms with Crippen LogP contribution in [-0.2, 0) is 6.18 Å². The third kappa shape index (κ3) is 4.29. The lowest BCUT2D eigenvalue weighted by Gasteiger charge is -2.49. The highest BCUT2D eigenvalue weighted by molar-refractivity contribution is 5.99. The number of carbonyl (C=O) groups is 1. The molecule has 3 aromatic heterocycles. The van der Waals surface area contributed by atoms with Crippen molar-refractivity contribution in [2.75, 3.05) is 6.54 Å². The summed E-state index contributed by atoms with van der Waals surface area (Å²) in [6.45, 7) is 2.41. The number of hydrogen-bond acceptors (Lipinski definition) is 7. The zero-order chi connectivity index (χ0) is 23.9. The molecule has 2 aliphatic heterocycles. The number of alkyl halides is 3. The molecule has 0 spiro atoms. The summed E-state index contributed by atoms with van der Waals surface area (Å²) >= 11 is 0. The molecule has 0 aromatic carbocycles. The molecule has 11 heteroatoms. The van der Waals surface area contributed by atoms with Gasteiger partial charge in [0.05, 0.1) is 24.0 Å². The number of hydrogen-bond donors (Lipinski definition) is 0. The second kappa shape index (κ2) is 8.62. The molecule has 6 rings (SSSR count). The van der Waals surface area contributed by atoms with E-state index in [0.29, 0.717) is 36.2 Å². The summed E-state index contributed by atoms with van der Waals surface area (Å²) in [7, 11) is 0. The van der Waals surface area contributed by atoms with E-state index in [0.717, 1.165) is 24.7 Å². The molecule has 3 unspecified atom stereocenters. The van der Waals surface area contributed by atoms with E-state index < -0.39 is 18.0 Å². The third-order valence-electron chi connectivity index (χ3n) is 6.21. The van der Waals surface area contributed by atoms with Gasteiger partial charge in [0.25, 0.3) is 5.91 Å². The quantitative estimate of drug-likeness (QED) is 0.574. The van der Waals surface area contributed by atoms with Crippen LogP contribution in [0.2, 0.25) is 0 Å². The topological polar surface area (TPSA) is 94.0 Å². The fraction of sp³-hybridized carbons (Fsp3) is 0.391. The minimum Gasteiger partial charge on any atom is -0.471 e. The lowest BCUT2D eigenvalue weighted by Crippen LogP contribution is -2.59. The first-order valence-corrected chi connectivity index (χ1v) is 10.9. The summed E-state index contributed by atoms with van der Waals surface area (Å²) in [5, 5.41) is 0. The van der Waals surface area contributed by atoms with Gasteiger partial charge in [0, 0.05) is 24.6 Å². The van der Waals surface area contributed by atoms with Gasteiger partial charge in [-0.2, -0.15) is 13.2 Å². The van der Waals surface area contributed by atoms with E-state index in [1.54, 1.807) is 35.5 Å². The van der Waals surface area contributed by atoms with Gasteiger partial charge in [-0.3, -0.25) is 4.79 Å². The van der Waals surface area contributed by atoms with Gasteiger partial charge in [-0.15, -0.1) is 0 Å². The lowest BCUT2D eigenvalue weighted by molar-refractivity contribution is -0.141. The highest BCUT2D eigenvalue weighted by Gasteiger charge is 2.45. The first-order valence-electron chi connectivity index (χ1n) is 10.9. The average Bonchev–Trinajstić information content (AvgIpc) is 2.84. The number of piperidine rings is 2. The minimum absolute atomic E-state index is 0.00771. The van der Waals surface area contributed by atoms with Gasteiger partial charge >= 0.3 is 6.18 Å². The number of aryl methyl sites for hydroxylation is 1. The zero-order valence-electron chi connectivity index (χ0n) is 18.2. The molecule has 3 fully saturated rings. The van der Waals surface area contributed by atoms with Crippen LogP contribution in [-0.4, -0.2) is 54.4 Å². The van der Waals surface area contributed by atoms with Crippen molar-refractivity contribution in [2.24, 2.45) is 5.92 Å². The van der Waals surface area contributed by atoms with Gasteiger partial charge in [0.2, 0.25) is 5.88 Å². The summed E-state index contributed by atoms with van der Waals surface area (Å²) in [6.07, 6.45) is 2.24. The number of ether oxygens (including phenoxy) is 1. The first-order chi connectivity index (χ1) is 16.3. The Morgan fingerprint density at radius 2 is 1.88 bits per heavy atom. The van der Waals surface area contributed by atoms with Crippen molar-refractivity contribution in [1.82, 2.24) is 29.8 Å². The summed E-state index contributed by atoms with van der Waals surface area (Å²) in [4.78, 5) is 35.7. The Morgan fingerprint density at radius 3 is 2.56 bits per heavy atom.